The Morgan fingerprint density at radius 1 is 0.556 bits per heavy atom. The minimum atomic E-state index is 1.29. The summed E-state index contributed by atoms with van der Waals surface area (Å²) < 4.78 is 0. The fourth-order valence-corrected chi connectivity index (χ4v) is 2.45. The Balaban J connectivity index is 2.90. The highest BCUT2D eigenvalue weighted by atomic mass is 14.0. The maximum Gasteiger partial charge on any atom is -0.0351 e. The molecule has 0 atom stereocenters. The molecule has 0 heteroatoms. The molecule has 0 amide bonds. The van der Waals surface area contributed by atoms with Gasteiger partial charge in [0.1, 0.15) is 0 Å². The molecule has 108 valence electrons. The van der Waals surface area contributed by atoms with Crippen molar-refractivity contribution in [2.75, 3.05) is 0 Å². The summed E-state index contributed by atoms with van der Waals surface area (Å²) in [5.41, 5.74) is 0. The Morgan fingerprint density at radius 2 is 0.944 bits per heavy atom. The summed E-state index contributed by atoms with van der Waals surface area (Å²) in [6.07, 6.45) is 24.6. The smallest absolute Gasteiger partial charge is 0.0351 e. The minimum absolute atomic E-state index is 1.29. The van der Waals surface area contributed by atoms with Crippen molar-refractivity contribution in [1.29, 1.82) is 0 Å². The first kappa shape index (κ1) is 17.7. The average molecular weight is 252 g/mol. The highest BCUT2D eigenvalue weighted by Gasteiger charge is 1.93. The average Bonchev–Trinajstić information content (AvgIpc) is 2.39. The third-order valence-electron chi connectivity index (χ3n) is 3.71. The van der Waals surface area contributed by atoms with E-state index in [1.807, 2.05) is 0 Å². The lowest BCUT2D eigenvalue weighted by Crippen LogP contribution is -1.82. The van der Waals surface area contributed by atoms with Crippen molar-refractivity contribution in [3.63, 3.8) is 0 Å². The van der Waals surface area contributed by atoms with E-state index in [0.717, 1.165) is 0 Å². The van der Waals surface area contributed by atoms with Crippen LogP contribution in [-0.2, 0) is 0 Å². The second-order valence-electron chi connectivity index (χ2n) is 5.60. The Labute approximate surface area is 116 Å². The van der Waals surface area contributed by atoms with Crippen molar-refractivity contribution in [3.05, 3.63) is 12.2 Å². The molecular formula is C18H36. The van der Waals surface area contributed by atoms with Crippen LogP contribution in [0.5, 0.6) is 0 Å². The van der Waals surface area contributed by atoms with E-state index in [4.69, 9.17) is 0 Å². The molecule has 0 rings (SSSR count). The zero-order valence-electron chi connectivity index (χ0n) is 13.1. The van der Waals surface area contributed by atoms with Crippen LogP contribution < -0.4 is 0 Å². The van der Waals surface area contributed by atoms with Gasteiger partial charge in [-0.2, -0.15) is 0 Å². The maximum atomic E-state index is 2.29. The summed E-state index contributed by atoms with van der Waals surface area (Å²) in [7, 11) is 0. The van der Waals surface area contributed by atoms with Gasteiger partial charge in [-0.05, 0) is 19.8 Å². The highest BCUT2D eigenvalue weighted by molar-refractivity contribution is 4.76. The molecule has 0 radical (unpaired) electrons. The number of rotatable bonds is 14. The maximum absolute atomic E-state index is 2.29. The van der Waals surface area contributed by atoms with Gasteiger partial charge in [-0.25, -0.2) is 0 Å². The van der Waals surface area contributed by atoms with Gasteiger partial charge in [-0.15, -0.1) is 0 Å². The van der Waals surface area contributed by atoms with Crippen LogP contribution in [0, 0.1) is 0 Å². The van der Waals surface area contributed by atoms with Crippen molar-refractivity contribution in [3.8, 4) is 0 Å². The normalized spacial score (nSPS) is 11.4. The molecule has 0 saturated heterocycles. The lowest BCUT2D eigenvalue weighted by molar-refractivity contribution is 0.540. The SMILES string of the molecule is C/C=C\CCCCCCCCCCCCCCC. The van der Waals surface area contributed by atoms with Gasteiger partial charge in [-0.1, -0.05) is 96.1 Å². The molecule has 0 aromatic rings. The van der Waals surface area contributed by atoms with Crippen LogP contribution in [0.4, 0.5) is 0 Å². The van der Waals surface area contributed by atoms with Gasteiger partial charge in [-0.3, -0.25) is 0 Å². The summed E-state index contributed by atoms with van der Waals surface area (Å²) in [6.45, 7) is 4.40. The quantitative estimate of drug-likeness (QED) is 0.230. The molecule has 0 saturated carbocycles. The summed E-state index contributed by atoms with van der Waals surface area (Å²) >= 11 is 0. The van der Waals surface area contributed by atoms with Crippen molar-refractivity contribution in [2.24, 2.45) is 0 Å². The zero-order chi connectivity index (χ0) is 13.3. The molecule has 0 aliphatic rings. The molecule has 0 aliphatic heterocycles. The Morgan fingerprint density at radius 3 is 1.33 bits per heavy atom. The molecule has 0 aliphatic carbocycles. The highest BCUT2D eigenvalue weighted by Crippen LogP contribution is 2.12. The van der Waals surface area contributed by atoms with Gasteiger partial charge < -0.3 is 0 Å². The largest absolute Gasteiger partial charge is 0.0917 e. The second kappa shape index (κ2) is 16.7. The van der Waals surface area contributed by atoms with Crippen LogP contribution in [0.1, 0.15) is 104 Å². The van der Waals surface area contributed by atoms with Gasteiger partial charge in [0.25, 0.3) is 0 Å². The third-order valence-corrected chi connectivity index (χ3v) is 3.71. The first-order valence-corrected chi connectivity index (χ1v) is 8.53. The van der Waals surface area contributed by atoms with Gasteiger partial charge in [0.2, 0.25) is 0 Å². The molecule has 0 fully saturated rings. The number of hydrogen-bond acceptors (Lipinski definition) is 0. The first-order chi connectivity index (χ1) is 8.91. The third kappa shape index (κ3) is 15.7. The topological polar surface area (TPSA) is 0 Å². The van der Waals surface area contributed by atoms with Crippen LogP contribution in [0.25, 0.3) is 0 Å². The number of allylic oxidation sites excluding steroid dienone is 2. The van der Waals surface area contributed by atoms with Gasteiger partial charge in [0, 0.05) is 0 Å². The zero-order valence-corrected chi connectivity index (χ0v) is 13.1. The standard InChI is InChI=1S/C18H36/c1-3-5-7-9-11-13-15-17-18-16-14-12-10-8-6-4-2/h3,5H,4,6-18H2,1-2H3/b5-3-. The van der Waals surface area contributed by atoms with Crippen molar-refractivity contribution < 1.29 is 0 Å². The summed E-state index contributed by atoms with van der Waals surface area (Å²) in [4.78, 5) is 0. The lowest BCUT2D eigenvalue weighted by Gasteiger charge is -2.02. The molecule has 0 aromatic carbocycles. The van der Waals surface area contributed by atoms with E-state index in [1.54, 1.807) is 0 Å². The van der Waals surface area contributed by atoms with Crippen LogP contribution in [0.2, 0.25) is 0 Å². The Kier molecular flexibility index (Phi) is 16.5. The van der Waals surface area contributed by atoms with E-state index in [9.17, 15) is 0 Å². The van der Waals surface area contributed by atoms with E-state index < -0.39 is 0 Å². The molecule has 0 spiro atoms. The number of hydrogen-bond donors (Lipinski definition) is 0. The predicted molar refractivity (Wildman–Crippen MR) is 85.1 cm³/mol. The van der Waals surface area contributed by atoms with Crippen LogP contribution in [0.15, 0.2) is 12.2 Å². The van der Waals surface area contributed by atoms with Crippen LogP contribution in [0.3, 0.4) is 0 Å². The molecule has 0 N–H and O–H groups in total. The van der Waals surface area contributed by atoms with E-state index >= 15 is 0 Å². The van der Waals surface area contributed by atoms with Crippen molar-refractivity contribution >= 4 is 0 Å². The van der Waals surface area contributed by atoms with Crippen molar-refractivity contribution in [1.82, 2.24) is 0 Å². The molecule has 0 bridgehead atoms. The fraction of sp³-hybridized carbons (Fsp3) is 0.889. The van der Waals surface area contributed by atoms with E-state index in [2.05, 4.69) is 26.0 Å². The molecule has 0 unspecified atom stereocenters. The molecular weight excluding hydrogens is 216 g/mol. The number of unbranched alkanes of at least 4 members (excludes halogenated alkanes) is 13. The minimum Gasteiger partial charge on any atom is -0.0917 e. The summed E-state index contributed by atoms with van der Waals surface area (Å²) in [5, 5.41) is 0. The molecule has 18 heavy (non-hydrogen) atoms. The first-order valence-electron chi connectivity index (χ1n) is 8.53. The van der Waals surface area contributed by atoms with E-state index in [1.165, 1.54) is 89.9 Å². The predicted octanol–water partition coefficient (Wildman–Crippen LogP) is 7.04. The monoisotopic (exact) mass is 252 g/mol. The van der Waals surface area contributed by atoms with Gasteiger partial charge in [0.05, 0.1) is 0 Å². The van der Waals surface area contributed by atoms with E-state index in [0.29, 0.717) is 0 Å². The lowest BCUT2D eigenvalue weighted by atomic mass is 10.0. The Bertz CT molecular complexity index is 157. The summed E-state index contributed by atoms with van der Waals surface area (Å²) in [5.74, 6) is 0. The second-order valence-corrected chi connectivity index (χ2v) is 5.60. The molecule has 0 heterocycles. The summed E-state index contributed by atoms with van der Waals surface area (Å²) in [6, 6.07) is 0. The van der Waals surface area contributed by atoms with E-state index in [-0.39, 0.29) is 0 Å². The fourth-order valence-electron chi connectivity index (χ4n) is 2.45. The Hall–Kier alpha value is -0.260. The molecule has 0 nitrogen and oxygen atoms in total. The molecule has 0 aromatic heterocycles. The van der Waals surface area contributed by atoms with Gasteiger partial charge in [0.15, 0.2) is 0 Å². The van der Waals surface area contributed by atoms with Crippen LogP contribution >= 0.6 is 0 Å². The van der Waals surface area contributed by atoms with Crippen molar-refractivity contribution in [2.45, 2.75) is 104 Å². The van der Waals surface area contributed by atoms with Gasteiger partial charge >= 0.3 is 0 Å². The van der Waals surface area contributed by atoms with Crippen LogP contribution in [-0.4, -0.2) is 0 Å².